The Balaban J connectivity index is 1.36. The molecule has 23 heavy (non-hydrogen) atoms. The normalized spacial score (nSPS) is 23.3. The minimum absolute atomic E-state index is 0.631. The van der Waals surface area contributed by atoms with E-state index in [-0.39, 0.29) is 0 Å². The molecule has 2 aliphatic heterocycles. The Bertz CT molecular complexity index is 623. The van der Waals surface area contributed by atoms with Crippen LogP contribution in [0.25, 0.3) is 0 Å². The van der Waals surface area contributed by atoms with Crippen LogP contribution in [0.2, 0.25) is 0 Å². The van der Waals surface area contributed by atoms with Gasteiger partial charge in [-0.3, -0.25) is 15.3 Å². The molecule has 1 aromatic heterocycles. The summed E-state index contributed by atoms with van der Waals surface area (Å²) in [6.07, 6.45) is 5.24. The highest BCUT2D eigenvalue weighted by molar-refractivity contribution is 7.80. The van der Waals surface area contributed by atoms with Gasteiger partial charge in [-0.05, 0) is 37.2 Å². The molecule has 6 nitrogen and oxygen atoms in total. The zero-order valence-corrected chi connectivity index (χ0v) is 13.9. The fraction of sp³-hybridized carbons (Fsp3) is 0.562. The van der Waals surface area contributed by atoms with Crippen molar-refractivity contribution in [2.75, 3.05) is 32.8 Å². The van der Waals surface area contributed by atoms with Gasteiger partial charge in [0.15, 0.2) is 5.11 Å². The van der Waals surface area contributed by atoms with Crippen molar-refractivity contribution < 1.29 is 4.74 Å². The van der Waals surface area contributed by atoms with Crippen LogP contribution >= 0.6 is 12.2 Å². The predicted molar refractivity (Wildman–Crippen MR) is 92.8 cm³/mol. The van der Waals surface area contributed by atoms with Crippen molar-refractivity contribution in [3.05, 3.63) is 24.0 Å². The van der Waals surface area contributed by atoms with E-state index in [1.54, 1.807) is 6.20 Å². The minimum atomic E-state index is 0.631. The Morgan fingerprint density at radius 1 is 1.30 bits per heavy atom. The quantitative estimate of drug-likeness (QED) is 0.650. The fourth-order valence-electron chi connectivity index (χ4n) is 3.12. The summed E-state index contributed by atoms with van der Waals surface area (Å²) in [4.78, 5) is 9.15. The molecule has 122 valence electrons. The topological polar surface area (TPSA) is 53.0 Å². The fourth-order valence-corrected chi connectivity index (χ4v) is 3.35. The summed E-state index contributed by atoms with van der Waals surface area (Å²) in [7, 11) is 0. The monoisotopic (exact) mass is 331 g/mol. The van der Waals surface area contributed by atoms with E-state index in [4.69, 9.17) is 17.0 Å². The van der Waals surface area contributed by atoms with Gasteiger partial charge in [-0.25, -0.2) is 0 Å². The number of hydrazone groups is 1. The molecule has 0 spiro atoms. The third-order valence-electron chi connectivity index (χ3n) is 4.59. The van der Waals surface area contributed by atoms with Crippen LogP contribution in [-0.4, -0.2) is 64.4 Å². The number of aromatic nitrogens is 1. The lowest BCUT2D eigenvalue weighted by molar-refractivity contribution is 0.173. The average Bonchev–Trinajstić information content (AvgIpc) is 3.45. The lowest BCUT2D eigenvalue weighted by atomic mass is 10.1. The van der Waals surface area contributed by atoms with Crippen LogP contribution in [0.5, 0.6) is 5.75 Å². The first-order valence-electron chi connectivity index (χ1n) is 8.25. The van der Waals surface area contributed by atoms with E-state index >= 15 is 0 Å². The van der Waals surface area contributed by atoms with E-state index in [0.29, 0.717) is 11.7 Å². The van der Waals surface area contributed by atoms with Gasteiger partial charge >= 0.3 is 0 Å². The van der Waals surface area contributed by atoms with Gasteiger partial charge in [-0.15, -0.1) is 0 Å². The van der Waals surface area contributed by atoms with Crippen LogP contribution < -0.4 is 10.2 Å². The lowest BCUT2D eigenvalue weighted by Gasteiger charge is -2.35. The largest absolute Gasteiger partial charge is 0.491 e. The third-order valence-corrected chi connectivity index (χ3v) is 4.94. The van der Waals surface area contributed by atoms with Crippen molar-refractivity contribution in [2.45, 2.75) is 25.3 Å². The third kappa shape index (κ3) is 3.30. The van der Waals surface area contributed by atoms with Crippen LogP contribution in [0.3, 0.4) is 0 Å². The molecule has 7 heteroatoms. The van der Waals surface area contributed by atoms with Crippen molar-refractivity contribution in [3.8, 4) is 5.75 Å². The number of nitrogens with zero attached hydrogens (tertiary/aromatic N) is 4. The Morgan fingerprint density at radius 2 is 2.13 bits per heavy atom. The smallest absolute Gasteiger partial charge is 0.189 e. The standard InChI is InChI=1S/C16H21N5OS/c23-16(21-9-7-20(8-10-21)12-3-4-12)19-18-13-5-11-22-14-2-1-6-17-15(13)14/h1-2,6,12H,3-5,7-11H2,(H,19,23)/b18-13-. The van der Waals surface area contributed by atoms with E-state index in [1.807, 2.05) is 12.1 Å². The van der Waals surface area contributed by atoms with Gasteiger partial charge in [0.25, 0.3) is 0 Å². The summed E-state index contributed by atoms with van der Waals surface area (Å²) in [5.74, 6) is 0.795. The number of hydrogen-bond acceptors (Lipinski definition) is 5. The molecule has 0 radical (unpaired) electrons. The number of ether oxygens (including phenoxy) is 1. The summed E-state index contributed by atoms with van der Waals surface area (Å²) in [5.41, 5.74) is 4.77. The first kappa shape index (κ1) is 14.8. The van der Waals surface area contributed by atoms with Gasteiger partial charge in [0.2, 0.25) is 0 Å². The molecule has 4 rings (SSSR count). The summed E-state index contributed by atoms with van der Waals surface area (Å²) >= 11 is 5.50. The molecule has 1 N–H and O–H groups in total. The molecule has 0 amide bonds. The summed E-state index contributed by atoms with van der Waals surface area (Å²) in [6.45, 7) is 4.78. The predicted octanol–water partition coefficient (Wildman–Crippen LogP) is 1.22. The maximum atomic E-state index is 5.60. The molecule has 1 saturated carbocycles. The number of pyridine rings is 1. The summed E-state index contributed by atoms with van der Waals surface area (Å²) in [6, 6.07) is 4.63. The first-order valence-corrected chi connectivity index (χ1v) is 8.66. The molecular formula is C16H21N5OS. The number of hydrogen-bond donors (Lipinski definition) is 1. The Morgan fingerprint density at radius 3 is 2.91 bits per heavy atom. The van der Waals surface area contributed by atoms with Crippen molar-refractivity contribution in [3.63, 3.8) is 0 Å². The van der Waals surface area contributed by atoms with E-state index in [9.17, 15) is 0 Å². The highest BCUT2D eigenvalue weighted by Gasteiger charge is 2.31. The second-order valence-corrected chi connectivity index (χ2v) is 6.56. The number of piperazine rings is 1. The minimum Gasteiger partial charge on any atom is -0.491 e. The van der Waals surface area contributed by atoms with Crippen LogP contribution in [0.1, 0.15) is 25.0 Å². The zero-order valence-electron chi connectivity index (χ0n) is 13.1. The molecule has 1 aromatic rings. The Kier molecular flexibility index (Phi) is 4.13. The Hall–Kier alpha value is -1.73. The van der Waals surface area contributed by atoms with Crippen molar-refractivity contribution >= 4 is 23.0 Å². The molecular weight excluding hydrogens is 310 g/mol. The van der Waals surface area contributed by atoms with Crippen LogP contribution in [0, 0.1) is 0 Å². The van der Waals surface area contributed by atoms with E-state index < -0.39 is 0 Å². The van der Waals surface area contributed by atoms with E-state index in [2.05, 4.69) is 25.3 Å². The summed E-state index contributed by atoms with van der Waals surface area (Å²) < 4.78 is 5.60. The second-order valence-electron chi connectivity index (χ2n) is 6.18. The maximum absolute atomic E-state index is 5.60. The van der Waals surface area contributed by atoms with Gasteiger partial charge in [0.1, 0.15) is 11.4 Å². The molecule has 2 fully saturated rings. The van der Waals surface area contributed by atoms with Gasteiger partial charge in [0.05, 0.1) is 12.3 Å². The van der Waals surface area contributed by atoms with Gasteiger partial charge < -0.3 is 9.64 Å². The van der Waals surface area contributed by atoms with Crippen molar-refractivity contribution in [1.29, 1.82) is 0 Å². The SMILES string of the molecule is S=C(N/N=C1/CCOc2cccnc21)N1CCN(C2CC2)CC1. The molecule has 1 aliphatic carbocycles. The van der Waals surface area contributed by atoms with Crippen molar-refractivity contribution in [2.24, 2.45) is 5.10 Å². The van der Waals surface area contributed by atoms with Crippen LogP contribution in [0.15, 0.2) is 23.4 Å². The van der Waals surface area contributed by atoms with Crippen LogP contribution in [0.4, 0.5) is 0 Å². The van der Waals surface area contributed by atoms with Crippen LogP contribution in [-0.2, 0) is 0 Å². The Labute approximate surface area is 141 Å². The molecule has 1 saturated heterocycles. The molecule has 3 aliphatic rings. The summed E-state index contributed by atoms with van der Waals surface area (Å²) in [5, 5.41) is 5.20. The molecule has 3 heterocycles. The highest BCUT2D eigenvalue weighted by atomic mass is 32.1. The number of nitrogens with one attached hydrogen (secondary N) is 1. The molecule has 0 bridgehead atoms. The molecule has 0 aromatic carbocycles. The number of fused-ring (bicyclic) bond motifs is 1. The van der Waals surface area contributed by atoms with E-state index in [1.165, 1.54) is 12.8 Å². The number of rotatable bonds is 2. The number of thiocarbonyl (C=S) groups is 1. The maximum Gasteiger partial charge on any atom is 0.189 e. The zero-order chi connectivity index (χ0) is 15.6. The average molecular weight is 331 g/mol. The highest BCUT2D eigenvalue weighted by Crippen LogP contribution is 2.27. The van der Waals surface area contributed by atoms with Gasteiger partial charge in [0, 0.05) is 44.8 Å². The van der Waals surface area contributed by atoms with E-state index in [0.717, 1.165) is 55.8 Å². The molecule has 0 atom stereocenters. The molecule has 0 unspecified atom stereocenters. The lowest BCUT2D eigenvalue weighted by Crippen LogP contribution is -2.51. The van der Waals surface area contributed by atoms with Gasteiger partial charge in [-0.2, -0.15) is 5.10 Å². The van der Waals surface area contributed by atoms with Crippen molar-refractivity contribution in [1.82, 2.24) is 20.2 Å². The second kappa shape index (κ2) is 6.41. The van der Waals surface area contributed by atoms with Gasteiger partial charge in [-0.1, -0.05) is 0 Å². The first-order chi connectivity index (χ1) is 11.3.